The maximum absolute atomic E-state index is 11.4. The van der Waals surface area contributed by atoms with Gasteiger partial charge in [0.1, 0.15) is 5.82 Å². The number of allylic oxidation sites excluding steroid dienone is 2. The zero-order valence-electron chi connectivity index (χ0n) is 11.1. The molecule has 3 rings (SSSR count). The average molecular weight is 335 g/mol. The van der Waals surface area contributed by atoms with Crippen molar-refractivity contribution in [2.45, 2.75) is 18.8 Å². The fourth-order valence-electron chi connectivity index (χ4n) is 2.90. The van der Waals surface area contributed by atoms with E-state index in [1.54, 1.807) is 0 Å². The number of aromatic nitrogens is 2. The molecule has 1 aliphatic carbocycles. The van der Waals surface area contributed by atoms with Gasteiger partial charge in [0.2, 0.25) is 0 Å². The van der Waals surface area contributed by atoms with E-state index in [0.29, 0.717) is 6.42 Å². The second-order valence-corrected chi connectivity index (χ2v) is 6.07. The number of carbonyl (C=O) groups is 1. The van der Waals surface area contributed by atoms with Crippen LogP contribution in [0.15, 0.2) is 34.8 Å². The lowest BCUT2D eigenvalue weighted by molar-refractivity contribution is -0.142. The first-order valence-corrected chi connectivity index (χ1v) is 7.37. The van der Waals surface area contributed by atoms with Crippen LogP contribution in [0.1, 0.15) is 24.6 Å². The topological polar surface area (TPSA) is 55.1 Å². The van der Waals surface area contributed by atoms with E-state index in [1.807, 2.05) is 35.9 Å². The predicted molar refractivity (Wildman–Crippen MR) is 80.7 cm³/mol. The van der Waals surface area contributed by atoms with Crippen molar-refractivity contribution in [3.8, 4) is 0 Å². The number of nitrogens with zero attached hydrogens (tertiary/aromatic N) is 2. The first-order valence-electron chi connectivity index (χ1n) is 6.57. The van der Waals surface area contributed by atoms with Gasteiger partial charge >= 0.3 is 5.97 Å². The van der Waals surface area contributed by atoms with E-state index < -0.39 is 5.97 Å². The monoisotopic (exact) mass is 334 g/mol. The molecule has 0 radical (unpaired) electrons. The molecule has 0 spiro atoms. The molecule has 0 saturated heterocycles. The second kappa shape index (κ2) is 5.05. The summed E-state index contributed by atoms with van der Waals surface area (Å²) in [5.74, 6) is -0.338. The molecular weight excluding hydrogens is 320 g/mol. The highest BCUT2D eigenvalue weighted by atomic mass is 79.9. The minimum atomic E-state index is -0.743. The van der Waals surface area contributed by atoms with Crippen molar-refractivity contribution in [3.63, 3.8) is 0 Å². The second-order valence-electron chi connectivity index (χ2n) is 5.16. The molecule has 1 aromatic heterocycles. The molecule has 20 heavy (non-hydrogen) atoms. The summed E-state index contributed by atoms with van der Waals surface area (Å²) >= 11 is 3.44. The van der Waals surface area contributed by atoms with Gasteiger partial charge in [0, 0.05) is 17.4 Å². The fourth-order valence-corrected chi connectivity index (χ4v) is 3.24. The van der Waals surface area contributed by atoms with Crippen LogP contribution < -0.4 is 0 Å². The molecule has 2 aromatic rings. The van der Waals surface area contributed by atoms with Crippen LogP contribution in [0.5, 0.6) is 0 Å². The van der Waals surface area contributed by atoms with Gasteiger partial charge in [-0.05, 0) is 31.0 Å². The number of imidazole rings is 1. The SMILES string of the molecule is Cn1c([C@@H]2CC=CC[C@@H]2C(=O)O)nc2cc(Br)ccc21. The third-order valence-electron chi connectivity index (χ3n) is 3.96. The molecule has 0 fully saturated rings. The molecule has 5 heteroatoms. The number of aryl methyl sites for hydroxylation is 1. The van der Waals surface area contributed by atoms with Gasteiger partial charge < -0.3 is 9.67 Å². The molecule has 0 aliphatic heterocycles. The van der Waals surface area contributed by atoms with Gasteiger partial charge in [-0.3, -0.25) is 4.79 Å². The lowest BCUT2D eigenvalue weighted by Crippen LogP contribution is -2.25. The lowest BCUT2D eigenvalue weighted by Gasteiger charge is -2.24. The maximum Gasteiger partial charge on any atom is 0.307 e. The third-order valence-corrected chi connectivity index (χ3v) is 4.45. The van der Waals surface area contributed by atoms with Crippen molar-refractivity contribution >= 4 is 32.9 Å². The van der Waals surface area contributed by atoms with Crippen molar-refractivity contribution in [2.75, 3.05) is 0 Å². The minimum Gasteiger partial charge on any atom is -0.481 e. The Kier molecular flexibility index (Phi) is 3.38. The van der Waals surface area contributed by atoms with Gasteiger partial charge in [-0.1, -0.05) is 28.1 Å². The van der Waals surface area contributed by atoms with Gasteiger partial charge in [0.25, 0.3) is 0 Å². The minimum absolute atomic E-state index is 0.0614. The Hall–Kier alpha value is -1.62. The van der Waals surface area contributed by atoms with E-state index >= 15 is 0 Å². The van der Waals surface area contributed by atoms with Crippen LogP contribution in [0.2, 0.25) is 0 Å². The van der Waals surface area contributed by atoms with Gasteiger partial charge in [0.15, 0.2) is 0 Å². The number of halogens is 1. The van der Waals surface area contributed by atoms with Crippen molar-refractivity contribution in [3.05, 3.63) is 40.6 Å². The number of aliphatic carboxylic acids is 1. The Morgan fingerprint density at radius 1 is 1.40 bits per heavy atom. The normalized spacial score (nSPS) is 22.3. The average Bonchev–Trinajstić information content (AvgIpc) is 2.75. The molecule has 2 atom stereocenters. The summed E-state index contributed by atoms with van der Waals surface area (Å²) in [6, 6.07) is 5.95. The molecule has 104 valence electrons. The fraction of sp³-hybridized carbons (Fsp3) is 0.333. The highest BCUT2D eigenvalue weighted by Gasteiger charge is 2.33. The zero-order valence-corrected chi connectivity index (χ0v) is 12.7. The van der Waals surface area contributed by atoms with Crippen LogP contribution in [0.25, 0.3) is 11.0 Å². The molecule has 0 saturated carbocycles. The summed E-state index contributed by atoms with van der Waals surface area (Å²) in [6.07, 6.45) is 5.32. The first-order chi connectivity index (χ1) is 9.58. The molecule has 0 unspecified atom stereocenters. The largest absolute Gasteiger partial charge is 0.481 e. The number of carboxylic acids is 1. The third kappa shape index (κ3) is 2.16. The van der Waals surface area contributed by atoms with Crippen LogP contribution >= 0.6 is 15.9 Å². The van der Waals surface area contributed by atoms with Crippen LogP contribution in [-0.4, -0.2) is 20.6 Å². The van der Waals surface area contributed by atoms with Crippen molar-refractivity contribution in [1.82, 2.24) is 9.55 Å². The summed E-state index contributed by atoms with van der Waals surface area (Å²) < 4.78 is 3.00. The lowest BCUT2D eigenvalue weighted by atomic mass is 9.82. The maximum atomic E-state index is 11.4. The van der Waals surface area contributed by atoms with E-state index in [1.165, 1.54) is 0 Å². The highest BCUT2D eigenvalue weighted by Crippen LogP contribution is 2.35. The smallest absolute Gasteiger partial charge is 0.307 e. The molecule has 1 N–H and O–H groups in total. The number of hydrogen-bond donors (Lipinski definition) is 1. The zero-order chi connectivity index (χ0) is 14.3. The highest BCUT2D eigenvalue weighted by molar-refractivity contribution is 9.10. The molecular formula is C15H15BrN2O2. The Morgan fingerprint density at radius 3 is 2.90 bits per heavy atom. The summed E-state index contributed by atoms with van der Waals surface area (Å²) in [5.41, 5.74) is 1.93. The summed E-state index contributed by atoms with van der Waals surface area (Å²) in [6.45, 7) is 0. The number of benzene rings is 1. The van der Waals surface area contributed by atoms with Gasteiger partial charge in [-0.15, -0.1) is 0 Å². The van der Waals surface area contributed by atoms with Crippen LogP contribution in [0, 0.1) is 5.92 Å². The van der Waals surface area contributed by atoms with E-state index in [-0.39, 0.29) is 11.8 Å². The number of rotatable bonds is 2. The standard InChI is InChI=1S/C15H15BrN2O2/c1-18-13-7-6-9(16)8-12(13)17-14(18)10-4-2-3-5-11(10)15(19)20/h2-3,6-8,10-11H,4-5H2,1H3,(H,19,20)/t10-,11+/m1/s1. The van der Waals surface area contributed by atoms with Gasteiger partial charge in [-0.2, -0.15) is 0 Å². The molecule has 0 amide bonds. The van der Waals surface area contributed by atoms with Gasteiger partial charge in [-0.25, -0.2) is 4.98 Å². The molecule has 1 heterocycles. The van der Waals surface area contributed by atoms with Crippen LogP contribution in [0.4, 0.5) is 0 Å². The predicted octanol–water partition coefficient (Wildman–Crippen LogP) is 3.47. The number of carboxylic acid groups (broad SMARTS) is 1. The van der Waals surface area contributed by atoms with Crippen LogP contribution in [0.3, 0.4) is 0 Å². The van der Waals surface area contributed by atoms with Gasteiger partial charge in [0.05, 0.1) is 17.0 Å². The van der Waals surface area contributed by atoms with Crippen molar-refractivity contribution in [2.24, 2.45) is 13.0 Å². The summed E-state index contributed by atoms with van der Waals surface area (Å²) in [4.78, 5) is 16.1. The molecule has 1 aliphatic rings. The molecule has 4 nitrogen and oxygen atoms in total. The van der Waals surface area contributed by atoms with E-state index in [4.69, 9.17) is 0 Å². The summed E-state index contributed by atoms with van der Waals surface area (Å²) in [5, 5.41) is 9.40. The van der Waals surface area contributed by atoms with E-state index in [9.17, 15) is 9.90 Å². The first kappa shape index (κ1) is 13.4. The Labute approximate surface area is 125 Å². The Balaban J connectivity index is 2.11. The molecule has 1 aromatic carbocycles. The van der Waals surface area contributed by atoms with E-state index in [2.05, 4.69) is 27.0 Å². The Morgan fingerprint density at radius 2 is 2.15 bits per heavy atom. The van der Waals surface area contributed by atoms with Crippen molar-refractivity contribution < 1.29 is 9.90 Å². The molecule has 0 bridgehead atoms. The number of hydrogen-bond acceptors (Lipinski definition) is 2. The van der Waals surface area contributed by atoms with Crippen molar-refractivity contribution in [1.29, 1.82) is 0 Å². The summed E-state index contributed by atoms with van der Waals surface area (Å²) in [7, 11) is 1.95. The number of fused-ring (bicyclic) bond motifs is 1. The van der Waals surface area contributed by atoms with E-state index in [0.717, 1.165) is 27.8 Å². The quantitative estimate of drug-likeness (QED) is 0.855. The Bertz CT molecular complexity index is 705. The van der Waals surface area contributed by atoms with Crippen LogP contribution in [-0.2, 0) is 11.8 Å².